The van der Waals surface area contributed by atoms with Gasteiger partial charge in [-0.2, -0.15) is 0 Å². The summed E-state index contributed by atoms with van der Waals surface area (Å²) in [6.07, 6.45) is 1.13. The van der Waals surface area contributed by atoms with Gasteiger partial charge in [0.25, 0.3) is 0 Å². The third kappa shape index (κ3) is 4.33. The third-order valence-corrected chi connectivity index (χ3v) is 3.51. The fourth-order valence-corrected chi connectivity index (χ4v) is 2.56. The number of benzene rings is 2. The van der Waals surface area contributed by atoms with Crippen molar-refractivity contribution in [2.24, 2.45) is 5.92 Å². The lowest BCUT2D eigenvalue weighted by Crippen LogP contribution is -2.05. The summed E-state index contributed by atoms with van der Waals surface area (Å²) >= 11 is 0. The normalized spacial score (nSPS) is 10.9. The zero-order valence-corrected chi connectivity index (χ0v) is 13.4. The van der Waals surface area contributed by atoms with E-state index in [4.69, 9.17) is 4.74 Å². The number of nitrogens with one attached hydrogen (secondary N) is 1. The second-order valence-corrected chi connectivity index (χ2v) is 5.89. The van der Waals surface area contributed by atoms with Gasteiger partial charge < -0.3 is 10.1 Å². The molecule has 0 aliphatic carbocycles. The Morgan fingerprint density at radius 1 is 0.952 bits per heavy atom. The van der Waals surface area contributed by atoms with Crippen LogP contribution < -0.4 is 10.1 Å². The molecule has 0 amide bonds. The molecule has 2 aromatic rings. The lowest BCUT2D eigenvalue weighted by atomic mass is 9.98. The molecule has 0 atom stereocenters. The molecule has 21 heavy (non-hydrogen) atoms. The van der Waals surface area contributed by atoms with Crippen molar-refractivity contribution >= 4 is 0 Å². The fraction of sp³-hybridized carbons (Fsp3) is 0.368. The van der Waals surface area contributed by atoms with Crippen LogP contribution in [0.1, 0.15) is 25.0 Å². The summed E-state index contributed by atoms with van der Waals surface area (Å²) in [4.78, 5) is 0. The maximum Gasteiger partial charge on any atom is 0.119 e. The van der Waals surface area contributed by atoms with Gasteiger partial charge in [-0.15, -0.1) is 0 Å². The molecule has 1 N–H and O–H groups in total. The van der Waals surface area contributed by atoms with E-state index in [9.17, 15) is 0 Å². The van der Waals surface area contributed by atoms with E-state index in [2.05, 4.69) is 61.6 Å². The number of hydrogen-bond donors (Lipinski definition) is 1. The predicted molar refractivity (Wildman–Crippen MR) is 89.7 cm³/mol. The molecule has 0 heterocycles. The highest BCUT2D eigenvalue weighted by atomic mass is 16.5. The highest BCUT2D eigenvalue weighted by Crippen LogP contribution is 2.26. The van der Waals surface area contributed by atoms with Crippen LogP contribution >= 0.6 is 0 Å². The van der Waals surface area contributed by atoms with Crippen molar-refractivity contribution < 1.29 is 4.74 Å². The van der Waals surface area contributed by atoms with Gasteiger partial charge in [0.05, 0.1) is 7.11 Å². The Kier molecular flexibility index (Phi) is 5.40. The topological polar surface area (TPSA) is 21.3 Å². The van der Waals surface area contributed by atoms with Crippen LogP contribution in [0.5, 0.6) is 5.75 Å². The molecule has 0 spiro atoms. The van der Waals surface area contributed by atoms with Crippen LogP contribution in [0.2, 0.25) is 0 Å². The summed E-state index contributed by atoms with van der Waals surface area (Å²) in [6, 6.07) is 15.3. The first-order chi connectivity index (χ1) is 10.1. The average molecular weight is 283 g/mol. The summed E-state index contributed by atoms with van der Waals surface area (Å²) < 4.78 is 5.41. The third-order valence-electron chi connectivity index (χ3n) is 3.51. The van der Waals surface area contributed by atoms with Gasteiger partial charge in [-0.25, -0.2) is 0 Å². The molecule has 0 saturated carbocycles. The van der Waals surface area contributed by atoms with E-state index in [0.29, 0.717) is 5.92 Å². The standard InChI is InChI=1S/C19H25NO/c1-14(2)9-15-5-7-17(8-6-15)18-10-16(13-20-3)11-19(12-18)21-4/h5-8,10-12,14,20H,9,13H2,1-4H3. The van der Waals surface area contributed by atoms with E-state index in [1.54, 1.807) is 7.11 Å². The van der Waals surface area contributed by atoms with Crippen molar-refractivity contribution in [1.82, 2.24) is 5.32 Å². The van der Waals surface area contributed by atoms with Crippen LogP contribution in [-0.2, 0) is 13.0 Å². The Bertz CT molecular complexity index is 573. The molecule has 2 rings (SSSR count). The van der Waals surface area contributed by atoms with Crippen LogP contribution in [0.4, 0.5) is 0 Å². The van der Waals surface area contributed by atoms with Gasteiger partial charge in [0.2, 0.25) is 0 Å². The minimum absolute atomic E-state index is 0.690. The van der Waals surface area contributed by atoms with Crippen molar-refractivity contribution in [2.45, 2.75) is 26.8 Å². The Hall–Kier alpha value is -1.80. The smallest absolute Gasteiger partial charge is 0.119 e. The van der Waals surface area contributed by atoms with E-state index < -0.39 is 0 Å². The molecule has 2 aromatic carbocycles. The van der Waals surface area contributed by atoms with Crippen LogP contribution in [0.25, 0.3) is 11.1 Å². The number of methoxy groups -OCH3 is 1. The van der Waals surface area contributed by atoms with Crippen molar-refractivity contribution in [2.75, 3.05) is 14.2 Å². The van der Waals surface area contributed by atoms with Crippen LogP contribution in [0.15, 0.2) is 42.5 Å². The first-order valence-corrected chi connectivity index (χ1v) is 7.54. The van der Waals surface area contributed by atoms with Gasteiger partial charge in [-0.3, -0.25) is 0 Å². The molecular formula is C19H25NO. The number of hydrogen-bond acceptors (Lipinski definition) is 2. The summed E-state index contributed by atoms with van der Waals surface area (Å²) in [6.45, 7) is 5.34. The monoisotopic (exact) mass is 283 g/mol. The fourth-order valence-electron chi connectivity index (χ4n) is 2.56. The SMILES string of the molecule is CNCc1cc(OC)cc(-c2ccc(CC(C)C)cc2)c1. The van der Waals surface area contributed by atoms with Gasteiger partial charge in [0.15, 0.2) is 0 Å². The zero-order valence-electron chi connectivity index (χ0n) is 13.4. The van der Waals surface area contributed by atoms with Crippen molar-refractivity contribution in [3.05, 3.63) is 53.6 Å². The minimum atomic E-state index is 0.690. The molecule has 0 aromatic heterocycles. The van der Waals surface area contributed by atoms with Crippen LogP contribution in [-0.4, -0.2) is 14.2 Å². The Morgan fingerprint density at radius 3 is 2.24 bits per heavy atom. The molecule has 0 unspecified atom stereocenters. The maximum atomic E-state index is 5.41. The predicted octanol–water partition coefficient (Wildman–Crippen LogP) is 4.28. The highest BCUT2D eigenvalue weighted by molar-refractivity contribution is 5.66. The molecular weight excluding hydrogens is 258 g/mol. The second-order valence-electron chi connectivity index (χ2n) is 5.89. The molecule has 2 nitrogen and oxygen atoms in total. The van der Waals surface area contributed by atoms with E-state index in [-0.39, 0.29) is 0 Å². The first-order valence-electron chi connectivity index (χ1n) is 7.54. The van der Waals surface area contributed by atoms with E-state index in [1.807, 2.05) is 7.05 Å². The minimum Gasteiger partial charge on any atom is -0.497 e. The van der Waals surface area contributed by atoms with Gasteiger partial charge in [-0.1, -0.05) is 38.1 Å². The second kappa shape index (κ2) is 7.28. The summed E-state index contributed by atoms with van der Waals surface area (Å²) in [5.74, 6) is 1.60. The highest BCUT2D eigenvalue weighted by Gasteiger charge is 2.04. The number of ether oxygens (including phenoxy) is 1. The van der Waals surface area contributed by atoms with Gasteiger partial charge >= 0.3 is 0 Å². The Morgan fingerprint density at radius 2 is 1.67 bits per heavy atom. The Labute approximate surface area is 128 Å². The van der Waals surface area contributed by atoms with Gasteiger partial charge in [0.1, 0.15) is 5.75 Å². The zero-order chi connectivity index (χ0) is 15.2. The van der Waals surface area contributed by atoms with E-state index in [1.165, 1.54) is 22.3 Å². The quantitative estimate of drug-likeness (QED) is 0.854. The summed E-state index contributed by atoms with van der Waals surface area (Å²) in [7, 11) is 3.67. The average Bonchev–Trinajstić information content (AvgIpc) is 2.47. The van der Waals surface area contributed by atoms with Crippen molar-refractivity contribution in [3.8, 4) is 16.9 Å². The maximum absolute atomic E-state index is 5.41. The lowest BCUT2D eigenvalue weighted by molar-refractivity contribution is 0.414. The Balaban J connectivity index is 2.29. The lowest BCUT2D eigenvalue weighted by Gasteiger charge is -2.10. The summed E-state index contributed by atoms with van der Waals surface area (Å²) in [5.41, 5.74) is 5.07. The van der Waals surface area contributed by atoms with Gasteiger partial charge in [-0.05, 0) is 59.8 Å². The van der Waals surface area contributed by atoms with Crippen LogP contribution in [0, 0.1) is 5.92 Å². The summed E-state index contributed by atoms with van der Waals surface area (Å²) in [5, 5.41) is 3.19. The molecule has 0 aliphatic rings. The molecule has 0 radical (unpaired) electrons. The molecule has 0 bridgehead atoms. The van der Waals surface area contributed by atoms with Crippen molar-refractivity contribution in [1.29, 1.82) is 0 Å². The van der Waals surface area contributed by atoms with E-state index >= 15 is 0 Å². The molecule has 0 aliphatic heterocycles. The number of rotatable bonds is 6. The van der Waals surface area contributed by atoms with Crippen LogP contribution in [0.3, 0.4) is 0 Å². The molecule has 2 heteroatoms. The van der Waals surface area contributed by atoms with E-state index in [0.717, 1.165) is 18.7 Å². The molecule has 0 fully saturated rings. The molecule has 0 saturated heterocycles. The van der Waals surface area contributed by atoms with Crippen molar-refractivity contribution in [3.63, 3.8) is 0 Å². The molecule has 112 valence electrons. The first kappa shape index (κ1) is 15.6. The van der Waals surface area contributed by atoms with Gasteiger partial charge in [0, 0.05) is 6.54 Å². The largest absolute Gasteiger partial charge is 0.497 e.